The van der Waals surface area contributed by atoms with Crippen molar-refractivity contribution in [3.05, 3.63) is 69.1 Å². The van der Waals surface area contributed by atoms with E-state index in [1.165, 1.54) is 12.1 Å². The number of fused-ring (bicyclic) bond motifs is 1. The number of aliphatic hydroxyl groups is 1. The van der Waals surface area contributed by atoms with Gasteiger partial charge in [0, 0.05) is 20.4 Å². The molecule has 2 aromatic carbocycles. The Balaban J connectivity index is 2.07. The number of aliphatic hydroxyl groups excluding tert-OH is 1. The van der Waals surface area contributed by atoms with Gasteiger partial charge in [0.25, 0.3) is 0 Å². The van der Waals surface area contributed by atoms with Crippen LogP contribution < -0.4 is 0 Å². The molecule has 3 rings (SSSR count). The predicted octanol–water partition coefficient (Wildman–Crippen LogP) is 5.07. The minimum Gasteiger partial charge on any atom is -0.458 e. The zero-order valence-electron chi connectivity index (χ0n) is 10.1. The molecular formula is C15H9BrClFO2. The van der Waals surface area contributed by atoms with E-state index in [0.717, 1.165) is 5.39 Å². The van der Waals surface area contributed by atoms with Crippen molar-refractivity contribution >= 4 is 38.5 Å². The van der Waals surface area contributed by atoms with Crippen molar-refractivity contribution in [2.24, 2.45) is 0 Å². The van der Waals surface area contributed by atoms with Crippen LogP contribution in [0.3, 0.4) is 0 Å². The normalized spacial score (nSPS) is 12.8. The highest BCUT2D eigenvalue weighted by Gasteiger charge is 2.19. The van der Waals surface area contributed by atoms with Crippen molar-refractivity contribution in [3.63, 3.8) is 0 Å². The summed E-state index contributed by atoms with van der Waals surface area (Å²) in [6.45, 7) is 0. The molecule has 20 heavy (non-hydrogen) atoms. The number of hydrogen-bond acceptors (Lipinski definition) is 2. The minimum atomic E-state index is -1.17. The first-order valence-corrected chi connectivity index (χ1v) is 7.04. The first kappa shape index (κ1) is 13.6. The van der Waals surface area contributed by atoms with Crippen molar-refractivity contribution in [2.75, 3.05) is 0 Å². The Morgan fingerprint density at radius 2 is 1.95 bits per heavy atom. The molecule has 2 nitrogen and oxygen atoms in total. The highest BCUT2D eigenvalue weighted by molar-refractivity contribution is 9.10. The Morgan fingerprint density at radius 1 is 1.15 bits per heavy atom. The van der Waals surface area contributed by atoms with E-state index in [1.807, 2.05) is 0 Å². The van der Waals surface area contributed by atoms with Crippen molar-refractivity contribution in [1.29, 1.82) is 0 Å². The highest BCUT2D eigenvalue weighted by Crippen LogP contribution is 2.31. The molecule has 1 N–H and O–H groups in total. The lowest BCUT2D eigenvalue weighted by atomic mass is 10.1. The number of halogens is 3. The highest BCUT2D eigenvalue weighted by atomic mass is 79.9. The molecule has 1 heterocycles. The van der Waals surface area contributed by atoms with Crippen LogP contribution in [-0.2, 0) is 0 Å². The van der Waals surface area contributed by atoms with Crippen LogP contribution in [0.2, 0.25) is 5.02 Å². The fourth-order valence-corrected chi connectivity index (χ4v) is 2.61. The second-order valence-electron chi connectivity index (χ2n) is 4.40. The zero-order valence-corrected chi connectivity index (χ0v) is 12.5. The molecule has 0 saturated heterocycles. The van der Waals surface area contributed by atoms with E-state index < -0.39 is 11.9 Å². The maximum absolute atomic E-state index is 13.8. The molecular weight excluding hydrogens is 347 g/mol. The van der Waals surface area contributed by atoms with Gasteiger partial charge in [0.15, 0.2) is 0 Å². The fourth-order valence-electron chi connectivity index (χ4n) is 2.05. The molecule has 0 radical (unpaired) electrons. The van der Waals surface area contributed by atoms with Crippen LogP contribution in [0.15, 0.2) is 51.4 Å². The summed E-state index contributed by atoms with van der Waals surface area (Å²) < 4.78 is 20.0. The molecule has 0 saturated carbocycles. The standard InChI is InChI=1S/C15H9BrClFO2/c16-9-1-3-12(18)11(7-9)15(19)14-6-8-5-10(17)2-4-13(8)20-14/h1-7,15,19H. The van der Waals surface area contributed by atoms with Gasteiger partial charge in [-0.2, -0.15) is 0 Å². The van der Waals surface area contributed by atoms with Gasteiger partial charge in [-0.15, -0.1) is 0 Å². The Hall–Kier alpha value is -1.36. The molecule has 1 unspecified atom stereocenters. The molecule has 1 atom stereocenters. The molecule has 1 aromatic heterocycles. The predicted molar refractivity (Wildman–Crippen MR) is 79.4 cm³/mol. The molecule has 0 spiro atoms. The van der Waals surface area contributed by atoms with Gasteiger partial charge in [-0.1, -0.05) is 27.5 Å². The number of hydrogen-bond donors (Lipinski definition) is 1. The van der Waals surface area contributed by atoms with Crippen molar-refractivity contribution < 1.29 is 13.9 Å². The van der Waals surface area contributed by atoms with E-state index in [4.69, 9.17) is 16.0 Å². The van der Waals surface area contributed by atoms with Crippen LogP contribution in [0.4, 0.5) is 4.39 Å². The lowest BCUT2D eigenvalue weighted by Gasteiger charge is -2.09. The van der Waals surface area contributed by atoms with E-state index in [-0.39, 0.29) is 11.3 Å². The summed E-state index contributed by atoms with van der Waals surface area (Å²) in [7, 11) is 0. The van der Waals surface area contributed by atoms with Crippen molar-refractivity contribution in [1.82, 2.24) is 0 Å². The lowest BCUT2D eigenvalue weighted by molar-refractivity contribution is 0.187. The Kier molecular flexibility index (Phi) is 3.54. The second-order valence-corrected chi connectivity index (χ2v) is 5.75. The monoisotopic (exact) mass is 354 g/mol. The molecule has 0 amide bonds. The molecule has 102 valence electrons. The summed E-state index contributed by atoms with van der Waals surface area (Å²) in [6, 6.07) is 11.2. The average Bonchev–Trinajstić information content (AvgIpc) is 2.83. The summed E-state index contributed by atoms with van der Waals surface area (Å²) in [4.78, 5) is 0. The van der Waals surface area contributed by atoms with Gasteiger partial charge >= 0.3 is 0 Å². The summed E-state index contributed by atoms with van der Waals surface area (Å²) in [6.07, 6.45) is -1.17. The lowest BCUT2D eigenvalue weighted by Crippen LogP contribution is -2.01. The van der Waals surface area contributed by atoms with E-state index >= 15 is 0 Å². The maximum atomic E-state index is 13.8. The van der Waals surface area contributed by atoms with Crippen LogP contribution in [0.25, 0.3) is 11.0 Å². The zero-order chi connectivity index (χ0) is 14.3. The first-order chi connectivity index (χ1) is 9.54. The Morgan fingerprint density at radius 3 is 2.75 bits per heavy atom. The third-order valence-corrected chi connectivity index (χ3v) is 3.75. The molecule has 0 fully saturated rings. The van der Waals surface area contributed by atoms with Crippen LogP contribution in [-0.4, -0.2) is 5.11 Å². The average molecular weight is 356 g/mol. The van der Waals surface area contributed by atoms with Gasteiger partial charge in [0.1, 0.15) is 23.3 Å². The van der Waals surface area contributed by atoms with Gasteiger partial charge in [-0.25, -0.2) is 4.39 Å². The molecule has 0 aliphatic heterocycles. The molecule has 0 aliphatic carbocycles. The number of furan rings is 1. The van der Waals surface area contributed by atoms with Gasteiger partial charge in [-0.3, -0.25) is 0 Å². The first-order valence-electron chi connectivity index (χ1n) is 5.86. The molecule has 3 aromatic rings. The number of benzene rings is 2. The van der Waals surface area contributed by atoms with Gasteiger partial charge in [0.05, 0.1) is 0 Å². The molecule has 5 heteroatoms. The fraction of sp³-hybridized carbons (Fsp3) is 0.0667. The van der Waals surface area contributed by atoms with E-state index in [1.54, 1.807) is 30.3 Å². The van der Waals surface area contributed by atoms with Crippen LogP contribution in [0, 0.1) is 5.82 Å². The summed E-state index contributed by atoms with van der Waals surface area (Å²) >= 11 is 9.16. The summed E-state index contributed by atoms with van der Waals surface area (Å²) in [5, 5.41) is 11.6. The van der Waals surface area contributed by atoms with Gasteiger partial charge in [-0.05, 0) is 42.5 Å². The van der Waals surface area contributed by atoms with E-state index in [0.29, 0.717) is 15.1 Å². The largest absolute Gasteiger partial charge is 0.458 e. The molecule has 0 aliphatic rings. The van der Waals surface area contributed by atoms with Crippen LogP contribution >= 0.6 is 27.5 Å². The summed E-state index contributed by atoms with van der Waals surface area (Å²) in [5.74, 6) is -0.210. The Labute approximate surface area is 127 Å². The van der Waals surface area contributed by atoms with Crippen LogP contribution in [0.1, 0.15) is 17.4 Å². The van der Waals surface area contributed by atoms with Gasteiger partial charge < -0.3 is 9.52 Å². The molecule has 0 bridgehead atoms. The second kappa shape index (κ2) is 5.20. The van der Waals surface area contributed by atoms with Crippen LogP contribution in [0.5, 0.6) is 0 Å². The number of rotatable bonds is 2. The Bertz CT molecular complexity index is 785. The third kappa shape index (κ3) is 2.46. The van der Waals surface area contributed by atoms with E-state index in [9.17, 15) is 9.50 Å². The quantitative estimate of drug-likeness (QED) is 0.696. The SMILES string of the molecule is OC(c1cc2cc(Cl)ccc2o1)c1cc(Br)ccc1F. The third-order valence-electron chi connectivity index (χ3n) is 3.02. The van der Waals surface area contributed by atoms with E-state index in [2.05, 4.69) is 15.9 Å². The summed E-state index contributed by atoms with van der Waals surface area (Å²) in [5.41, 5.74) is 0.753. The van der Waals surface area contributed by atoms with Crippen molar-refractivity contribution in [3.8, 4) is 0 Å². The van der Waals surface area contributed by atoms with Crippen molar-refractivity contribution in [2.45, 2.75) is 6.10 Å². The smallest absolute Gasteiger partial charge is 0.140 e. The maximum Gasteiger partial charge on any atom is 0.140 e. The topological polar surface area (TPSA) is 33.4 Å². The van der Waals surface area contributed by atoms with Gasteiger partial charge in [0.2, 0.25) is 0 Å². The minimum absolute atomic E-state index is 0.157.